The molecule has 1 aromatic carbocycles. The van der Waals surface area contributed by atoms with Crippen LogP contribution < -0.4 is 5.73 Å². The second-order valence-corrected chi connectivity index (χ2v) is 3.79. The molecule has 0 fully saturated rings. The van der Waals surface area contributed by atoms with E-state index >= 15 is 0 Å². The van der Waals surface area contributed by atoms with Crippen LogP contribution in [0.5, 0.6) is 0 Å². The molecule has 2 heteroatoms. The Morgan fingerprint density at radius 1 is 1.29 bits per heavy atom. The molecule has 2 atom stereocenters. The molecule has 0 bridgehead atoms. The molecule has 0 radical (unpaired) electrons. The van der Waals surface area contributed by atoms with E-state index in [1.165, 1.54) is 5.56 Å². The first-order valence-corrected chi connectivity index (χ1v) is 5.15. The molecule has 0 aliphatic rings. The lowest BCUT2D eigenvalue weighted by Crippen LogP contribution is -2.25. The molecule has 0 heterocycles. The first-order valence-electron chi connectivity index (χ1n) is 5.15. The quantitative estimate of drug-likeness (QED) is 0.769. The van der Waals surface area contributed by atoms with Crippen LogP contribution in [0.25, 0.3) is 0 Å². The summed E-state index contributed by atoms with van der Waals surface area (Å²) in [6.45, 7) is 4.09. The van der Waals surface area contributed by atoms with Gasteiger partial charge in [-0.1, -0.05) is 43.2 Å². The molecule has 14 heavy (non-hydrogen) atoms. The normalized spacial score (nSPS) is 15.1. The van der Waals surface area contributed by atoms with E-state index in [4.69, 9.17) is 5.73 Å². The fourth-order valence-electron chi connectivity index (χ4n) is 1.49. The molecule has 0 saturated heterocycles. The van der Waals surface area contributed by atoms with E-state index in [0.717, 1.165) is 18.4 Å². The lowest BCUT2D eigenvalue weighted by Gasteiger charge is -2.18. The van der Waals surface area contributed by atoms with E-state index in [1.54, 1.807) is 0 Å². The predicted molar refractivity (Wildman–Crippen MR) is 59.0 cm³/mol. The van der Waals surface area contributed by atoms with Crippen LogP contribution in [-0.2, 0) is 0 Å². The minimum atomic E-state index is -0.428. The van der Waals surface area contributed by atoms with Gasteiger partial charge in [0.1, 0.15) is 0 Å². The summed E-state index contributed by atoms with van der Waals surface area (Å²) >= 11 is 0. The fourth-order valence-corrected chi connectivity index (χ4v) is 1.49. The predicted octanol–water partition coefficient (Wildman–Crippen LogP) is 2.16. The molecule has 78 valence electrons. The minimum absolute atomic E-state index is 0.254. The Labute approximate surface area is 85.8 Å². The summed E-state index contributed by atoms with van der Waals surface area (Å²) in [6, 6.07) is 7.76. The van der Waals surface area contributed by atoms with Gasteiger partial charge in [0.15, 0.2) is 0 Å². The third-order valence-electron chi connectivity index (χ3n) is 2.46. The number of hydrogen-bond donors (Lipinski definition) is 2. The van der Waals surface area contributed by atoms with E-state index < -0.39 is 6.10 Å². The van der Waals surface area contributed by atoms with Crippen LogP contribution >= 0.6 is 0 Å². The lowest BCUT2D eigenvalue weighted by molar-refractivity contribution is 0.134. The highest BCUT2D eigenvalue weighted by molar-refractivity contribution is 5.24. The van der Waals surface area contributed by atoms with E-state index in [-0.39, 0.29) is 6.04 Å². The number of aliphatic hydroxyl groups excluding tert-OH is 1. The first-order chi connectivity index (χ1) is 6.65. The molecule has 0 spiro atoms. The standard InChI is InChI=1S/C12H19NO/c1-3-4-11(14)12(13)10-7-5-9(2)6-8-10/h5-8,11-12,14H,3-4,13H2,1-2H3/t11-,12+/m1/s1. The highest BCUT2D eigenvalue weighted by Crippen LogP contribution is 2.17. The average Bonchev–Trinajstić information content (AvgIpc) is 2.18. The van der Waals surface area contributed by atoms with Crippen molar-refractivity contribution in [2.75, 3.05) is 0 Å². The van der Waals surface area contributed by atoms with Crippen molar-refractivity contribution in [2.24, 2.45) is 5.73 Å². The van der Waals surface area contributed by atoms with Crippen LogP contribution in [0.4, 0.5) is 0 Å². The van der Waals surface area contributed by atoms with E-state index in [1.807, 2.05) is 38.1 Å². The Hall–Kier alpha value is -0.860. The summed E-state index contributed by atoms with van der Waals surface area (Å²) in [5, 5.41) is 9.72. The zero-order valence-corrected chi connectivity index (χ0v) is 8.90. The van der Waals surface area contributed by atoms with Gasteiger partial charge in [0.2, 0.25) is 0 Å². The Balaban J connectivity index is 2.68. The van der Waals surface area contributed by atoms with Crippen LogP contribution in [0.3, 0.4) is 0 Å². The monoisotopic (exact) mass is 193 g/mol. The van der Waals surface area contributed by atoms with Gasteiger partial charge in [0, 0.05) is 0 Å². The highest BCUT2D eigenvalue weighted by atomic mass is 16.3. The van der Waals surface area contributed by atoms with Crippen LogP contribution in [0.2, 0.25) is 0 Å². The van der Waals surface area contributed by atoms with Crippen LogP contribution in [-0.4, -0.2) is 11.2 Å². The van der Waals surface area contributed by atoms with Crippen molar-refractivity contribution in [1.82, 2.24) is 0 Å². The Morgan fingerprint density at radius 2 is 1.86 bits per heavy atom. The average molecular weight is 193 g/mol. The summed E-state index contributed by atoms with van der Waals surface area (Å²) in [6.07, 6.45) is 1.29. The van der Waals surface area contributed by atoms with Gasteiger partial charge in [0.05, 0.1) is 12.1 Å². The molecule has 1 aromatic rings. The summed E-state index contributed by atoms with van der Waals surface area (Å²) in [4.78, 5) is 0. The smallest absolute Gasteiger partial charge is 0.0732 e. The summed E-state index contributed by atoms with van der Waals surface area (Å²) in [7, 11) is 0. The summed E-state index contributed by atoms with van der Waals surface area (Å²) < 4.78 is 0. The molecule has 0 aromatic heterocycles. The molecular weight excluding hydrogens is 174 g/mol. The van der Waals surface area contributed by atoms with E-state index in [2.05, 4.69) is 0 Å². The molecule has 3 N–H and O–H groups in total. The molecule has 0 saturated carbocycles. The maximum atomic E-state index is 9.72. The number of aliphatic hydroxyl groups is 1. The maximum Gasteiger partial charge on any atom is 0.0732 e. The minimum Gasteiger partial charge on any atom is -0.391 e. The Kier molecular flexibility index (Phi) is 4.11. The molecule has 0 unspecified atom stereocenters. The van der Waals surface area contributed by atoms with Crippen LogP contribution in [0, 0.1) is 6.92 Å². The maximum absolute atomic E-state index is 9.72. The third-order valence-corrected chi connectivity index (χ3v) is 2.46. The van der Waals surface area contributed by atoms with Crippen molar-refractivity contribution in [3.63, 3.8) is 0 Å². The van der Waals surface area contributed by atoms with Crippen molar-refractivity contribution in [2.45, 2.75) is 38.8 Å². The van der Waals surface area contributed by atoms with Gasteiger partial charge in [-0.3, -0.25) is 0 Å². The van der Waals surface area contributed by atoms with Gasteiger partial charge in [-0.05, 0) is 18.9 Å². The highest BCUT2D eigenvalue weighted by Gasteiger charge is 2.15. The van der Waals surface area contributed by atoms with E-state index in [0.29, 0.717) is 0 Å². The second kappa shape index (κ2) is 5.13. The Bertz CT molecular complexity index is 268. The summed E-state index contributed by atoms with van der Waals surface area (Å²) in [5.74, 6) is 0. The van der Waals surface area contributed by atoms with Crippen LogP contribution in [0.1, 0.15) is 36.9 Å². The SMILES string of the molecule is CCC[C@@H](O)[C@@H](N)c1ccc(C)cc1. The third kappa shape index (κ3) is 2.82. The number of benzene rings is 1. The first kappa shape index (κ1) is 11.2. The second-order valence-electron chi connectivity index (χ2n) is 3.79. The van der Waals surface area contributed by atoms with Gasteiger partial charge in [-0.25, -0.2) is 0 Å². The number of rotatable bonds is 4. The number of nitrogens with two attached hydrogens (primary N) is 1. The van der Waals surface area contributed by atoms with Crippen molar-refractivity contribution in [3.05, 3.63) is 35.4 Å². The molecular formula is C12H19NO. The zero-order chi connectivity index (χ0) is 10.6. The Morgan fingerprint density at radius 3 is 2.36 bits per heavy atom. The molecule has 1 rings (SSSR count). The van der Waals surface area contributed by atoms with Crippen molar-refractivity contribution in [1.29, 1.82) is 0 Å². The fraction of sp³-hybridized carbons (Fsp3) is 0.500. The van der Waals surface area contributed by atoms with E-state index in [9.17, 15) is 5.11 Å². The van der Waals surface area contributed by atoms with Gasteiger partial charge >= 0.3 is 0 Å². The van der Waals surface area contributed by atoms with Gasteiger partial charge < -0.3 is 10.8 Å². The number of aryl methyl sites for hydroxylation is 1. The molecule has 0 amide bonds. The topological polar surface area (TPSA) is 46.2 Å². The van der Waals surface area contributed by atoms with Gasteiger partial charge in [0.25, 0.3) is 0 Å². The van der Waals surface area contributed by atoms with Crippen molar-refractivity contribution < 1.29 is 5.11 Å². The zero-order valence-electron chi connectivity index (χ0n) is 8.90. The largest absolute Gasteiger partial charge is 0.391 e. The van der Waals surface area contributed by atoms with Gasteiger partial charge in [-0.2, -0.15) is 0 Å². The molecule has 0 aliphatic carbocycles. The number of hydrogen-bond acceptors (Lipinski definition) is 2. The molecule has 0 aliphatic heterocycles. The van der Waals surface area contributed by atoms with Crippen molar-refractivity contribution >= 4 is 0 Å². The van der Waals surface area contributed by atoms with Crippen molar-refractivity contribution in [3.8, 4) is 0 Å². The summed E-state index contributed by atoms with van der Waals surface area (Å²) in [5.41, 5.74) is 8.15. The lowest BCUT2D eigenvalue weighted by atomic mass is 9.98. The van der Waals surface area contributed by atoms with Crippen LogP contribution in [0.15, 0.2) is 24.3 Å². The van der Waals surface area contributed by atoms with Gasteiger partial charge in [-0.15, -0.1) is 0 Å². The molecule has 2 nitrogen and oxygen atoms in total.